The van der Waals surface area contributed by atoms with Gasteiger partial charge in [-0.25, -0.2) is 0 Å². The minimum absolute atomic E-state index is 0.0275. The number of carbonyl (C=O) groups excluding carboxylic acids is 1. The lowest BCUT2D eigenvalue weighted by atomic mass is 10.1. The molecule has 1 aromatic carbocycles. The maximum absolute atomic E-state index is 12.0. The van der Waals surface area contributed by atoms with Gasteiger partial charge in [-0.15, -0.1) is 0 Å². The summed E-state index contributed by atoms with van der Waals surface area (Å²) in [6, 6.07) is 9.59. The van der Waals surface area contributed by atoms with E-state index in [-0.39, 0.29) is 11.9 Å². The van der Waals surface area contributed by atoms with Crippen molar-refractivity contribution >= 4 is 5.91 Å². The second-order valence-electron chi connectivity index (χ2n) is 4.06. The summed E-state index contributed by atoms with van der Waals surface area (Å²) < 4.78 is 0. The highest BCUT2D eigenvalue weighted by atomic mass is 16.2. The SMILES string of the molecule is N#CC1c2ccccc2C(=O)N1C1CC1. The van der Waals surface area contributed by atoms with E-state index >= 15 is 0 Å². The Morgan fingerprint density at radius 1 is 1.33 bits per heavy atom. The monoisotopic (exact) mass is 198 g/mol. The van der Waals surface area contributed by atoms with Crippen LogP contribution < -0.4 is 0 Å². The van der Waals surface area contributed by atoms with Gasteiger partial charge in [0, 0.05) is 17.2 Å². The van der Waals surface area contributed by atoms with Crippen molar-refractivity contribution in [3.63, 3.8) is 0 Å². The Bertz CT molecular complexity index is 471. The number of amides is 1. The molecule has 1 aliphatic heterocycles. The molecular weight excluding hydrogens is 188 g/mol. The lowest BCUT2D eigenvalue weighted by molar-refractivity contribution is 0.0744. The highest BCUT2D eigenvalue weighted by Crippen LogP contribution is 2.41. The van der Waals surface area contributed by atoms with Crippen LogP contribution in [0.15, 0.2) is 24.3 Å². The number of hydrogen-bond acceptors (Lipinski definition) is 2. The Morgan fingerprint density at radius 2 is 2.07 bits per heavy atom. The Labute approximate surface area is 87.9 Å². The fourth-order valence-electron chi connectivity index (χ4n) is 2.20. The van der Waals surface area contributed by atoms with E-state index in [2.05, 4.69) is 6.07 Å². The zero-order valence-corrected chi connectivity index (χ0v) is 8.18. The van der Waals surface area contributed by atoms with E-state index in [4.69, 9.17) is 5.26 Å². The second kappa shape index (κ2) is 2.83. The molecule has 1 fully saturated rings. The molecule has 0 radical (unpaired) electrons. The number of hydrogen-bond donors (Lipinski definition) is 0. The zero-order chi connectivity index (χ0) is 10.4. The lowest BCUT2D eigenvalue weighted by Crippen LogP contribution is -2.29. The lowest BCUT2D eigenvalue weighted by Gasteiger charge is -2.18. The largest absolute Gasteiger partial charge is 0.315 e. The summed E-state index contributed by atoms with van der Waals surface area (Å²) in [5.41, 5.74) is 1.58. The van der Waals surface area contributed by atoms with Crippen molar-refractivity contribution in [3.05, 3.63) is 35.4 Å². The van der Waals surface area contributed by atoms with E-state index < -0.39 is 0 Å². The van der Waals surface area contributed by atoms with Crippen molar-refractivity contribution in [2.45, 2.75) is 24.9 Å². The molecule has 1 saturated carbocycles. The fourth-order valence-corrected chi connectivity index (χ4v) is 2.20. The van der Waals surface area contributed by atoms with Crippen LogP contribution in [0.2, 0.25) is 0 Å². The maximum Gasteiger partial charge on any atom is 0.255 e. The number of rotatable bonds is 1. The molecule has 1 amide bonds. The fraction of sp³-hybridized carbons (Fsp3) is 0.333. The molecule has 1 heterocycles. The molecule has 74 valence electrons. The predicted molar refractivity (Wildman–Crippen MR) is 54.0 cm³/mol. The summed E-state index contributed by atoms with van der Waals surface area (Å²) in [5, 5.41) is 9.13. The molecule has 1 unspecified atom stereocenters. The Morgan fingerprint density at radius 3 is 2.73 bits per heavy atom. The van der Waals surface area contributed by atoms with Gasteiger partial charge in [-0.2, -0.15) is 5.26 Å². The summed E-state index contributed by atoms with van der Waals surface area (Å²) in [4.78, 5) is 13.8. The molecule has 3 rings (SSSR count). The molecule has 0 N–H and O–H groups in total. The average molecular weight is 198 g/mol. The number of nitriles is 1. The standard InChI is InChI=1S/C12H10N2O/c13-7-11-9-3-1-2-4-10(9)12(15)14(11)8-5-6-8/h1-4,8,11H,5-6H2. The van der Waals surface area contributed by atoms with Crippen molar-refractivity contribution in [2.24, 2.45) is 0 Å². The van der Waals surface area contributed by atoms with E-state index in [1.165, 1.54) is 0 Å². The van der Waals surface area contributed by atoms with Gasteiger partial charge in [-0.1, -0.05) is 18.2 Å². The molecule has 15 heavy (non-hydrogen) atoms. The van der Waals surface area contributed by atoms with Crippen molar-refractivity contribution in [2.75, 3.05) is 0 Å². The van der Waals surface area contributed by atoms with Crippen molar-refractivity contribution in [1.82, 2.24) is 4.90 Å². The molecule has 3 nitrogen and oxygen atoms in total. The second-order valence-corrected chi connectivity index (χ2v) is 4.06. The van der Waals surface area contributed by atoms with Crippen LogP contribution in [-0.4, -0.2) is 16.8 Å². The van der Waals surface area contributed by atoms with Gasteiger partial charge in [0.05, 0.1) is 6.07 Å². The third-order valence-electron chi connectivity index (χ3n) is 3.06. The molecule has 0 bridgehead atoms. The third kappa shape index (κ3) is 1.08. The van der Waals surface area contributed by atoms with Crippen LogP contribution in [0, 0.1) is 11.3 Å². The molecule has 1 aliphatic carbocycles. The van der Waals surface area contributed by atoms with Gasteiger partial charge in [0.2, 0.25) is 0 Å². The van der Waals surface area contributed by atoms with Gasteiger partial charge in [-0.05, 0) is 18.9 Å². The van der Waals surface area contributed by atoms with Crippen molar-refractivity contribution < 1.29 is 4.79 Å². The van der Waals surface area contributed by atoms with Gasteiger partial charge in [0.1, 0.15) is 6.04 Å². The molecule has 0 aromatic heterocycles. The van der Waals surface area contributed by atoms with Crippen LogP contribution in [0.1, 0.15) is 34.8 Å². The van der Waals surface area contributed by atoms with Crippen molar-refractivity contribution in [3.8, 4) is 6.07 Å². The van der Waals surface area contributed by atoms with E-state index in [1.54, 1.807) is 4.90 Å². The quantitative estimate of drug-likeness (QED) is 0.691. The van der Waals surface area contributed by atoms with Gasteiger partial charge < -0.3 is 4.90 Å². The molecule has 0 saturated heterocycles. The molecule has 0 spiro atoms. The molecular formula is C12H10N2O. The van der Waals surface area contributed by atoms with Gasteiger partial charge in [-0.3, -0.25) is 4.79 Å². The highest BCUT2D eigenvalue weighted by Gasteiger charge is 2.44. The van der Waals surface area contributed by atoms with E-state index in [1.807, 2.05) is 24.3 Å². The van der Waals surface area contributed by atoms with E-state index in [0.717, 1.165) is 18.4 Å². The smallest absolute Gasteiger partial charge is 0.255 e. The molecule has 1 aromatic rings. The topological polar surface area (TPSA) is 44.1 Å². The Balaban J connectivity index is 2.12. The van der Waals surface area contributed by atoms with E-state index in [9.17, 15) is 4.79 Å². The van der Waals surface area contributed by atoms with Gasteiger partial charge >= 0.3 is 0 Å². The number of benzene rings is 1. The van der Waals surface area contributed by atoms with Crippen LogP contribution in [0.25, 0.3) is 0 Å². The van der Waals surface area contributed by atoms with Crippen LogP contribution in [0.4, 0.5) is 0 Å². The van der Waals surface area contributed by atoms with Crippen molar-refractivity contribution in [1.29, 1.82) is 5.26 Å². The molecule has 1 atom stereocenters. The average Bonchev–Trinajstić information content (AvgIpc) is 3.05. The van der Waals surface area contributed by atoms with Crippen LogP contribution in [-0.2, 0) is 0 Å². The maximum atomic E-state index is 12.0. The third-order valence-corrected chi connectivity index (χ3v) is 3.06. The number of carbonyl (C=O) groups is 1. The van der Waals surface area contributed by atoms with Crippen LogP contribution in [0.5, 0.6) is 0 Å². The summed E-state index contributed by atoms with van der Waals surface area (Å²) in [6.07, 6.45) is 2.08. The predicted octanol–water partition coefficient (Wildman–Crippen LogP) is 1.87. The van der Waals surface area contributed by atoms with Crippen LogP contribution in [0.3, 0.4) is 0 Å². The van der Waals surface area contributed by atoms with Gasteiger partial charge in [0.25, 0.3) is 5.91 Å². The summed E-state index contributed by atoms with van der Waals surface area (Å²) in [5.74, 6) is 0.0275. The number of fused-ring (bicyclic) bond motifs is 1. The first-order chi connectivity index (χ1) is 7.33. The van der Waals surface area contributed by atoms with Crippen LogP contribution >= 0.6 is 0 Å². The Hall–Kier alpha value is -1.82. The van der Waals surface area contributed by atoms with Gasteiger partial charge in [0.15, 0.2) is 0 Å². The minimum atomic E-state index is -0.360. The van der Waals surface area contributed by atoms with E-state index in [0.29, 0.717) is 11.6 Å². The minimum Gasteiger partial charge on any atom is -0.315 e. The number of nitrogens with zero attached hydrogens (tertiary/aromatic N) is 2. The molecule has 3 heteroatoms. The first-order valence-corrected chi connectivity index (χ1v) is 5.14. The zero-order valence-electron chi connectivity index (χ0n) is 8.18. The summed E-state index contributed by atoms with van der Waals surface area (Å²) >= 11 is 0. The Kier molecular flexibility index (Phi) is 1.60. The first-order valence-electron chi connectivity index (χ1n) is 5.14. The summed E-state index contributed by atoms with van der Waals surface area (Å²) in [7, 11) is 0. The summed E-state index contributed by atoms with van der Waals surface area (Å²) in [6.45, 7) is 0. The normalized spacial score (nSPS) is 23.8. The highest BCUT2D eigenvalue weighted by molar-refractivity contribution is 6.00. The molecule has 2 aliphatic rings. The first kappa shape index (κ1) is 8.49.